The topological polar surface area (TPSA) is 227 Å². The average molecular weight is 732 g/mol. The zero-order valence-electron chi connectivity index (χ0n) is 30.2. The predicted molar refractivity (Wildman–Crippen MR) is 193 cm³/mol. The molecule has 14 heteroatoms. The highest BCUT2D eigenvalue weighted by molar-refractivity contribution is 5.87. The molecule has 4 aromatic heterocycles. The van der Waals surface area contributed by atoms with E-state index in [9.17, 15) is 39.6 Å². The number of carboxylic acids is 1. The zero-order valence-corrected chi connectivity index (χ0v) is 29.2. The van der Waals surface area contributed by atoms with Gasteiger partial charge in [-0.2, -0.15) is 0 Å². The molecular formula is C40H35N4O10-. The van der Waals surface area contributed by atoms with Gasteiger partial charge in [0.25, 0.3) is 11.1 Å². The number of carboxylic acid groups (broad SMARTS) is 1. The van der Waals surface area contributed by atoms with Gasteiger partial charge in [0.15, 0.2) is 5.60 Å². The Labute approximate surface area is 308 Å². The summed E-state index contributed by atoms with van der Waals surface area (Å²) >= 11 is 0. The summed E-state index contributed by atoms with van der Waals surface area (Å²) < 4.78 is 8.16. The van der Waals surface area contributed by atoms with Crippen molar-refractivity contribution in [2.24, 2.45) is 0 Å². The number of aliphatic hydroxyl groups is 3. The van der Waals surface area contributed by atoms with Crippen LogP contribution < -0.4 is 16.2 Å². The Bertz CT molecular complexity index is 2690. The van der Waals surface area contributed by atoms with Crippen LogP contribution in [0.5, 0.6) is 0 Å². The number of nitrogens with zero attached hydrogens (tertiary/aromatic N) is 4. The molecule has 6 aromatic rings. The van der Waals surface area contributed by atoms with Gasteiger partial charge in [0.1, 0.15) is 12.2 Å². The van der Waals surface area contributed by atoms with Crippen LogP contribution in [0.1, 0.15) is 61.5 Å². The number of benzene rings is 2. The van der Waals surface area contributed by atoms with Crippen molar-refractivity contribution in [2.75, 3.05) is 0 Å². The number of ether oxygens (including phenoxy) is 1. The largest absolute Gasteiger partial charge is 1.00 e. The Morgan fingerprint density at radius 2 is 1.43 bits per heavy atom. The molecule has 0 aliphatic carbocycles. The fourth-order valence-corrected chi connectivity index (χ4v) is 7.61. The van der Waals surface area contributed by atoms with E-state index in [-0.39, 0.29) is 49.6 Å². The van der Waals surface area contributed by atoms with Crippen molar-refractivity contribution in [1.82, 2.24) is 19.1 Å². The van der Waals surface area contributed by atoms with E-state index in [2.05, 4.69) is 4.98 Å². The van der Waals surface area contributed by atoms with Crippen LogP contribution in [0.4, 0.5) is 0 Å². The van der Waals surface area contributed by atoms with Crippen LogP contribution in [0.3, 0.4) is 0 Å². The minimum absolute atomic E-state index is 0. The van der Waals surface area contributed by atoms with Gasteiger partial charge >= 0.3 is 7.40 Å². The molecule has 9 rings (SSSR count). The summed E-state index contributed by atoms with van der Waals surface area (Å²) in [6, 6.07) is 22.4. The molecule has 2 atom stereocenters. The van der Waals surface area contributed by atoms with Crippen LogP contribution in [0.15, 0.2) is 82.4 Å². The SMILES string of the molecule is CC[C@@](O)(C(=O)[O-])c1cc2n(c(=O)c1CO)Cc1cc3ccccc3nc1-2.CC[C@@]1(O)C(=O)OCc2c1cc1n(c2=O)Cc2cc3ccccc3nc2-1.[H+].[OH-]. The number of aromatic nitrogens is 4. The molecule has 0 fully saturated rings. The van der Waals surface area contributed by atoms with E-state index in [1.165, 1.54) is 17.6 Å². The lowest BCUT2D eigenvalue weighted by Crippen LogP contribution is -2.47. The number of aliphatic hydroxyl groups excluding tert-OH is 1. The van der Waals surface area contributed by atoms with Crippen LogP contribution in [-0.2, 0) is 51.8 Å². The van der Waals surface area contributed by atoms with E-state index in [1.807, 2.05) is 60.7 Å². The lowest BCUT2D eigenvalue weighted by molar-refractivity contribution is -0.326. The molecule has 0 unspecified atom stereocenters. The second-order valence-corrected chi connectivity index (χ2v) is 13.5. The zero-order chi connectivity index (χ0) is 37.4. The molecule has 0 saturated heterocycles. The fourth-order valence-electron chi connectivity index (χ4n) is 7.61. The van der Waals surface area contributed by atoms with Gasteiger partial charge in [-0.05, 0) is 49.2 Å². The first-order chi connectivity index (χ1) is 25.4. The normalized spacial score (nSPS) is 17.2. The quantitative estimate of drug-likeness (QED) is 0.217. The van der Waals surface area contributed by atoms with Gasteiger partial charge in [-0.15, -0.1) is 0 Å². The number of para-hydroxylation sites is 2. The van der Waals surface area contributed by atoms with E-state index in [1.54, 1.807) is 17.6 Å². The van der Waals surface area contributed by atoms with Gasteiger partial charge in [0.05, 0.1) is 65.0 Å². The number of pyridine rings is 4. The van der Waals surface area contributed by atoms with Crippen molar-refractivity contribution in [1.29, 1.82) is 0 Å². The molecule has 2 aromatic carbocycles. The molecule has 7 heterocycles. The van der Waals surface area contributed by atoms with Gasteiger partial charge < -0.3 is 44.6 Å². The average Bonchev–Trinajstić information content (AvgIpc) is 3.72. The van der Waals surface area contributed by atoms with Crippen molar-refractivity contribution in [3.8, 4) is 22.8 Å². The van der Waals surface area contributed by atoms with E-state index in [0.29, 0.717) is 34.8 Å². The third kappa shape index (κ3) is 5.25. The Kier molecular flexibility index (Phi) is 8.81. The fraction of sp³-hybridized carbons (Fsp3) is 0.250. The van der Waals surface area contributed by atoms with Crippen LogP contribution in [-0.4, -0.2) is 51.8 Å². The summed E-state index contributed by atoms with van der Waals surface area (Å²) in [6.45, 7) is 3.07. The highest BCUT2D eigenvalue weighted by Crippen LogP contribution is 2.39. The Hall–Kier alpha value is -6.06. The Morgan fingerprint density at radius 1 is 0.889 bits per heavy atom. The number of cyclic esters (lactones) is 1. The number of hydrogen-bond acceptors (Lipinski definition) is 12. The van der Waals surface area contributed by atoms with Gasteiger partial charge in [-0.1, -0.05) is 50.2 Å². The Morgan fingerprint density at radius 3 is 1.94 bits per heavy atom. The molecule has 14 nitrogen and oxygen atoms in total. The summed E-state index contributed by atoms with van der Waals surface area (Å²) in [5.41, 5.74) is 1.16. The molecule has 0 bridgehead atoms. The number of rotatable bonds is 5. The molecule has 0 saturated carbocycles. The second kappa shape index (κ2) is 13.1. The highest BCUT2D eigenvalue weighted by atomic mass is 16.6. The highest BCUT2D eigenvalue weighted by Gasteiger charge is 2.45. The molecule has 54 heavy (non-hydrogen) atoms. The van der Waals surface area contributed by atoms with Crippen LogP contribution in [0.2, 0.25) is 0 Å². The van der Waals surface area contributed by atoms with Crippen LogP contribution >= 0.6 is 0 Å². The summed E-state index contributed by atoms with van der Waals surface area (Å²) in [5, 5.41) is 44.7. The minimum atomic E-state index is -2.37. The number of fused-ring (bicyclic) bond motifs is 9. The van der Waals surface area contributed by atoms with E-state index < -0.39 is 35.3 Å². The number of aliphatic carboxylic acids is 1. The van der Waals surface area contributed by atoms with Crippen LogP contribution in [0, 0.1) is 0 Å². The number of hydrogen-bond donors (Lipinski definition) is 3. The smallest absolute Gasteiger partial charge is 0.870 e. The summed E-state index contributed by atoms with van der Waals surface area (Å²) in [4.78, 5) is 59.0. The molecule has 0 amide bonds. The maximum absolute atomic E-state index is 13.0. The van der Waals surface area contributed by atoms with Crippen molar-refractivity contribution >= 4 is 33.7 Å². The molecule has 276 valence electrons. The molecule has 3 aliphatic heterocycles. The first-order valence-corrected chi connectivity index (χ1v) is 17.2. The lowest BCUT2D eigenvalue weighted by atomic mass is 9.86. The van der Waals surface area contributed by atoms with E-state index in [4.69, 9.17) is 9.72 Å². The molecular weight excluding hydrogens is 696 g/mol. The van der Waals surface area contributed by atoms with Crippen molar-refractivity contribution in [2.45, 2.75) is 64.2 Å². The summed E-state index contributed by atoms with van der Waals surface area (Å²) in [7, 11) is 0. The molecule has 4 N–H and O–H groups in total. The van der Waals surface area contributed by atoms with Crippen molar-refractivity contribution < 1.29 is 41.7 Å². The van der Waals surface area contributed by atoms with E-state index >= 15 is 0 Å². The third-order valence-corrected chi connectivity index (χ3v) is 10.6. The Balaban J connectivity index is 0.000000181. The number of esters is 1. The minimum Gasteiger partial charge on any atom is -0.870 e. The van der Waals surface area contributed by atoms with Gasteiger partial charge in [0, 0.05) is 38.6 Å². The van der Waals surface area contributed by atoms with Gasteiger partial charge in [0.2, 0.25) is 0 Å². The first-order valence-electron chi connectivity index (χ1n) is 17.2. The predicted octanol–water partition coefficient (Wildman–Crippen LogP) is 2.28. The molecule has 0 radical (unpaired) electrons. The van der Waals surface area contributed by atoms with Gasteiger partial charge in [-0.3, -0.25) is 9.59 Å². The molecule has 3 aliphatic rings. The van der Waals surface area contributed by atoms with E-state index in [0.717, 1.165) is 38.6 Å². The number of carbonyl (C=O) groups is 2. The second-order valence-electron chi connectivity index (χ2n) is 13.5. The standard InChI is InChI=1S/C20H18N2O5.C20H16N2O4.H2O/c1-2-20(27,19(25)26)14-8-16-17-12(9-22(16)18(24)13(14)10-23)7-11-5-3-4-6-15(11)21-17;1-2-20(25)14-8-16-17-12(7-11-5-3-4-6-15(11)21-17)9-22(16)18(23)13(14)10-26-19(20)24;/h3-8,23,27H,2,9-10H2,1H3,(H,25,26);3-8,25H,2,9-10H2,1H3;1H2/p-1/t2*20-;/m00./s1. The monoisotopic (exact) mass is 731 g/mol. The first kappa shape index (κ1) is 36.3. The number of carbonyl (C=O) groups excluding carboxylic acids is 2. The van der Waals surface area contributed by atoms with Gasteiger partial charge in [-0.25, -0.2) is 14.8 Å². The maximum Gasteiger partial charge on any atom is 1.00 e. The summed E-state index contributed by atoms with van der Waals surface area (Å²) in [6.07, 6.45) is -0.0665. The maximum atomic E-state index is 13.0. The summed E-state index contributed by atoms with van der Waals surface area (Å²) in [5.74, 6) is -2.42. The lowest BCUT2D eigenvalue weighted by Gasteiger charge is -2.31. The molecule has 0 spiro atoms. The van der Waals surface area contributed by atoms with Crippen LogP contribution in [0.25, 0.3) is 44.6 Å². The van der Waals surface area contributed by atoms with Crippen molar-refractivity contribution in [3.05, 3.63) is 127 Å². The third-order valence-electron chi connectivity index (χ3n) is 10.6. The van der Waals surface area contributed by atoms with Crippen molar-refractivity contribution in [3.63, 3.8) is 0 Å².